The van der Waals surface area contributed by atoms with Crippen molar-refractivity contribution in [3.05, 3.63) is 0 Å². The fourth-order valence-corrected chi connectivity index (χ4v) is 1.50. The first-order valence-electron chi connectivity index (χ1n) is 5.18. The van der Waals surface area contributed by atoms with Crippen molar-refractivity contribution in [2.24, 2.45) is 0 Å². The Labute approximate surface area is 79.8 Å². The van der Waals surface area contributed by atoms with Gasteiger partial charge in [-0.3, -0.25) is 4.79 Å². The second-order valence-corrected chi connectivity index (χ2v) is 3.51. The third-order valence-electron chi connectivity index (χ3n) is 2.34. The van der Waals surface area contributed by atoms with Crippen molar-refractivity contribution in [3.63, 3.8) is 0 Å². The predicted octanol–water partition coefficient (Wildman–Crippen LogP) is 1.12. The van der Waals surface area contributed by atoms with E-state index in [0.29, 0.717) is 18.8 Å². The molecule has 0 bridgehead atoms. The number of morpholine rings is 1. The number of ether oxygens (including phenoxy) is 1. The first kappa shape index (κ1) is 10.7. The molecule has 0 aromatic heterocycles. The molecule has 1 fully saturated rings. The van der Waals surface area contributed by atoms with E-state index in [2.05, 4.69) is 12.2 Å². The Morgan fingerprint density at radius 1 is 1.54 bits per heavy atom. The molecule has 3 nitrogen and oxygen atoms in total. The largest absolute Gasteiger partial charge is 0.378 e. The van der Waals surface area contributed by atoms with E-state index in [0.717, 1.165) is 26.0 Å². The van der Waals surface area contributed by atoms with Crippen molar-refractivity contribution in [2.75, 3.05) is 19.8 Å². The van der Waals surface area contributed by atoms with Crippen LogP contribution >= 0.6 is 0 Å². The van der Waals surface area contributed by atoms with Crippen LogP contribution in [0.3, 0.4) is 0 Å². The molecule has 1 rings (SSSR count). The summed E-state index contributed by atoms with van der Waals surface area (Å²) in [5, 5.41) is 3.17. The Morgan fingerprint density at radius 3 is 3.00 bits per heavy atom. The van der Waals surface area contributed by atoms with E-state index in [9.17, 15) is 4.79 Å². The van der Waals surface area contributed by atoms with E-state index < -0.39 is 0 Å². The zero-order chi connectivity index (χ0) is 9.52. The number of rotatable bonds is 5. The summed E-state index contributed by atoms with van der Waals surface area (Å²) in [6, 6.07) is -0.0365. The molecule has 0 aromatic carbocycles. The number of hydrogen-bond donors (Lipinski definition) is 1. The van der Waals surface area contributed by atoms with Gasteiger partial charge in [0.1, 0.15) is 0 Å². The van der Waals surface area contributed by atoms with Crippen molar-refractivity contribution >= 4 is 5.78 Å². The molecule has 13 heavy (non-hydrogen) atoms. The Morgan fingerprint density at radius 2 is 2.38 bits per heavy atom. The Bertz CT molecular complexity index is 153. The highest BCUT2D eigenvalue weighted by Crippen LogP contribution is 2.04. The van der Waals surface area contributed by atoms with Gasteiger partial charge in [0.2, 0.25) is 0 Å². The van der Waals surface area contributed by atoms with Crippen LogP contribution in [-0.2, 0) is 9.53 Å². The van der Waals surface area contributed by atoms with Crippen molar-refractivity contribution in [1.82, 2.24) is 5.32 Å². The van der Waals surface area contributed by atoms with Crippen molar-refractivity contribution in [1.29, 1.82) is 0 Å². The summed E-state index contributed by atoms with van der Waals surface area (Å²) in [5.74, 6) is 0.313. The Balaban J connectivity index is 2.13. The second kappa shape index (κ2) is 6.11. The summed E-state index contributed by atoms with van der Waals surface area (Å²) in [6.07, 6.45) is 4.05. The number of Topliss-reactive ketones (excluding diaryl/α,β-unsaturated/α-hetero) is 1. The van der Waals surface area contributed by atoms with Gasteiger partial charge in [0, 0.05) is 13.0 Å². The Hall–Kier alpha value is -0.410. The van der Waals surface area contributed by atoms with Gasteiger partial charge in [0.05, 0.1) is 19.3 Å². The van der Waals surface area contributed by atoms with Crippen molar-refractivity contribution < 1.29 is 9.53 Å². The third kappa shape index (κ3) is 3.87. The van der Waals surface area contributed by atoms with Gasteiger partial charge in [-0.15, -0.1) is 0 Å². The van der Waals surface area contributed by atoms with Crippen LogP contribution in [0.1, 0.15) is 32.6 Å². The number of ketones is 1. The van der Waals surface area contributed by atoms with Gasteiger partial charge < -0.3 is 10.1 Å². The fraction of sp³-hybridized carbons (Fsp3) is 0.900. The highest BCUT2D eigenvalue weighted by atomic mass is 16.5. The van der Waals surface area contributed by atoms with Crippen molar-refractivity contribution in [2.45, 2.75) is 38.6 Å². The second-order valence-electron chi connectivity index (χ2n) is 3.51. The molecule has 0 spiro atoms. The minimum absolute atomic E-state index is 0.0365. The molecule has 0 amide bonds. The molecule has 0 aliphatic carbocycles. The number of carbonyl (C=O) groups is 1. The summed E-state index contributed by atoms with van der Waals surface area (Å²) in [6.45, 7) is 4.25. The van der Waals surface area contributed by atoms with Crippen LogP contribution in [-0.4, -0.2) is 31.6 Å². The molecule has 76 valence electrons. The molecular weight excluding hydrogens is 166 g/mol. The summed E-state index contributed by atoms with van der Waals surface area (Å²) in [4.78, 5) is 11.5. The molecule has 1 aliphatic heterocycles. The van der Waals surface area contributed by atoms with Gasteiger partial charge in [0.15, 0.2) is 5.78 Å². The molecule has 1 atom stereocenters. The maximum Gasteiger partial charge on any atom is 0.152 e. The maximum atomic E-state index is 11.5. The first-order valence-corrected chi connectivity index (χ1v) is 5.18. The topological polar surface area (TPSA) is 38.3 Å². The average Bonchev–Trinajstić information content (AvgIpc) is 2.19. The number of unbranched alkanes of at least 4 members (excludes halogenated alkanes) is 2. The summed E-state index contributed by atoms with van der Waals surface area (Å²) in [7, 11) is 0. The maximum absolute atomic E-state index is 11.5. The van der Waals surface area contributed by atoms with Crippen LogP contribution in [0.25, 0.3) is 0 Å². The normalized spacial score (nSPS) is 23.0. The standard InChI is InChI=1S/C10H19NO2/c1-2-3-4-5-10(12)9-8-13-7-6-11-9/h9,11H,2-8H2,1H3/t9-/m0/s1. The third-order valence-corrected chi connectivity index (χ3v) is 2.34. The molecule has 0 saturated carbocycles. The van der Waals surface area contributed by atoms with E-state index in [-0.39, 0.29) is 6.04 Å². The van der Waals surface area contributed by atoms with Crippen molar-refractivity contribution in [3.8, 4) is 0 Å². The minimum Gasteiger partial charge on any atom is -0.378 e. The molecule has 0 radical (unpaired) electrons. The van der Waals surface area contributed by atoms with Crippen LogP contribution in [0.5, 0.6) is 0 Å². The van der Waals surface area contributed by atoms with E-state index >= 15 is 0 Å². The number of nitrogens with one attached hydrogen (secondary N) is 1. The van der Waals surface area contributed by atoms with Crippen LogP contribution in [0.4, 0.5) is 0 Å². The smallest absolute Gasteiger partial charge is 0.152 e. The summed E-state index contributed by atoms with van der Waals surface area (Å²) in [5.41, 5.74) is 0. The molecule has 0 aromatic rings. The molecule has 1 saturated heterocycles. The lowest BCUT2D eigenvalue weighted by Gasteiger charge is -2.22. The molecule has 1 N–H and O–H groups in total. The van der Waals surface area contributed by atoms with Gasteiger partial charge in [-0.1, -0.05) is 19.8 Å². The lowest BCUT2D eigenvalue weighted by molar-refractivity contribution is -0.123. The minimum atomic E-state index is -0.0365. The molecule has 3 heteroatoms. The van der Waals surface area contributed by atoms with Crippen LogP contribution in [0, 0.1) is 0 Å². The first-order chi connectivity index (χ1) is 6.34. The van der Waals surface area contributed by atoms with Gasteiger partial charge in [0.25, 0.3) is 0 Å². The quantitative estimate of drug-likeness (QED) is 0.652. The molecule has 1 heterocycles. The average molecular weight is 185 g/mol. The highest BCUT2D eigenvalue weighted by molar-refractivity contribution is 5.84. The Kier molecular flexibility index (Phi) is 5.01. The lowest BCUT2D eigenvalue weighted by atomic mass is 10.1. The summed E-state index contributed by atoms with van der Waals surface area (Å²) < 4.78 is 5.23. The van der Waals surface area contributed by atoms with Crippen LogP contribution < -0.4 is 5.32 Å². The molecular formula is C10H19NO2. The van der Waals surface area contributed by atoms with E-state index in [4.69, 9.17) is 4.74 Å². The van der Waals surface area contributed by atoms with Gasteiger partial charge in [-0.25, -0.2) is 0 Å². The van der Waals surface area contributed by atoms with Gasteiger partial charge in [-0.2, -0.15) is 0 Å². The SMILES string of the molecule is CCCCCC(=O)[C@@H]1COCCN1. The van der Waals surface area contributed by atoms with E-state index in [1.807, 2.05) is 0 Å². The molecule has 0 unspecified atom stereocenters. The predicted molar refractivity (Wildman–Crippen MR) is 51.8 cm³/mol. The van der Waals surface area contributed by atoms with E-state index in [1.165, 1.54) is 6.42 Å². The van der Waals surface area contributed by atoms with Gasteiger partial charge >= 0.3 is 0 Å². The lowest BCUT2D eigenvalue weighted by Crippen LogP contribution is -2.46. The zero-order valence-electron chi connectivity index (χ0n) is 8.34. The number of hydrogen-bond acceptors (Lipinski definition) is 3. The van der Waals surface area contributed by atoms with Crippen LogP contribution in [0.2, 0.25) is 0 Å². The van der Waals surface area contributed by atoms with Crippen LogP contribution in [0.15, 0.2) is 0 Å². The van der Waals surface area contributed by atoms with Gasteiger partial charge in [-0.05, 0) is 6.42 Å². The zero-order valence-corrected chi connectivity index (χ0v) is 8.34. The number of carbonyl (C=O) groups excluding carboxylic acids is 1. The van der Waals surface area contributed by atoms with E-state index in [1.54, 1.807) is 0 Å². The monoisotopic (exact) mass is 185 g/mol. The fourth-order valence-electron chi connectivity index (χ4n) is 1.50. The summed E-state index contributed by atoms with van der Waals surface area (Å²) >= 11 is 0. The highest BCUT2D eigenvalue weighted by Gasteiger charge is 2.19. The molecule has 1 aliphatic rings.